The molecule has 0 aromatic heterocycles. The number of halogens is 2. The molecule has 0 aliphatic heterocycles. The summed E-state index contributed by atoms with van der Waals surface area (Å²) in [6, 6.07) is 4.08. The zero-order valence-corrected chi connectivity index (χ0v) is 10.4. The van der Waals surface area contributed by atoms with E-state index < -0.39 is 17.2 Å². The number of rotatable bonds is 5. The Hall–Kier alpha value is -1.00. The van der Waals surface area contributed by atoms with Gasteiger partial charge in [-0.15, -0.1) is 0 Å². The van der Waals surface area contributed by atoms with Gasteiger partial charge in [0.1, 0.15) is 0 Å². The molecule has 1 aromatic carbocycles. The van der Waals surface area contributed by atoms with Crippen molar-refractivity contribution in [2.24, 2.45) is 5.92 Å². The van der Waals surface area contributed by atoms with Crippen LogP contribution < -0.4 is 5.32 Å². The number of benzene rings is 1. The van der Waals surface area contributed by atoms with Crippen LogP contribution in [-0.4, -0.2) is 17.3 Å². The highest BCUT2D eigenvalue weighted by molar-refractivity contribution is 5.18. The molecule has 4 heteroatoms. The van der Waals surface area contributed by atoms with Gasteiger partial charge in [-0.1, -0.05) is 26.0 Å². The van der Waals surface area contributed by atoms with Crippen LogP contribution in [0.5, 0.6) is 0 Å². The van der Waals surface area contributed by atoms with Crippen molar-refractivity contribution < 1.29 is 13.9 Å². The van der Waals surface area contributed by atoms with Gasteiger partial charge in [0.05, 0.1) is 5.60 Å². The third-order valence-electron chi connectivity index (χ3n) is 3.07. The Labute approximate surface area is 101 Å². The Morgan fingerprint density at radius 2 is 2.00 bits per heavy atom. The molecule has 0 fully saturated rings. The lowest BCUT2D eigenvalue weighted by atomic mass is 9.92. The fraction of sp³-hybridized carbons (Fsp3) is 0.538. The maximum Gasteiger partial charge on any atom is 0.163 e. The molecule has 1 rings (SSSR count). The van der Waals surface area contributed by atoms with E-state index in [4.69, 9.17) is 0 Å². The highest BCUT2D eigenvalue weighted by Crippen LogP contribution is 2.15. The monoisotopic (exact) mass is 243 g/mol. The molecule has 0 bridgehead atoms. The molecule has 0 radical (unpaired) electrons. The van der Waals surface area contributed by atoms with E-state index in [0.29, 0.717) is 6.54 Å². The van der Waals surface area contributed by atoms with Gasteiger partial charge in [-0.05, 0) is 18.9 Å². The van der Waals surface area contributed by atoms with Crippen molar-refractivity contribution in [3.8, 4) is 0 Å². The topological polar surface area (TPSA) is 32.3 Å². The summed E-state index contributed by atoms with van der Waals surface area (Å²) in [5.41, 5.74) is -0.589. The summed E-state index contributed by atoms with van der Waals surface area (Å²) in [5, 5.41) is 12.9. The maximum atomic E-state index is 13.3. The van der Waals surface area contributed by atoms with Gasteiger partial charge in [0.15, 0.2) is 11.6 Å². The van der Waals surface area contributed by atoms with Crippen molar-refractivity contribution in [2.45, 2.75) is 32.9 Å². The van der Waals surface area contributed by atoms with E-state index in [2.05, 4.69) is 5.32 Å². The van der Waals surface area contributed by atoms with Crippen LogP contribution in [0.2, 0.25) is 0 Å². The molecule has 17 heavy (non-hydrogen) atoms. The summed E-state index contributed by atoms with van der Waals surface area (Å²) in [7, 11) is 0. The molecule has 1 atom stereocenters. The minimum absolute atomic E-state index is 0.0901. The summed E-state index contributed by atoms with van der Waals surface area (Å²) < 4.78 is 26.2. The van der Waals surface area contributed by atoms with Crippen molar-refractivity contribution in [3.05, 3.63) is 35.4 Å². The number of hydrogen-bond donors (Lipinski definition) is 2. The largest absolute Gasteiger partial charge is 0.389 e. The molecular formula is C13H19F2NO. The van der Waals surface area contributed by atoms with Gasteiger partial charge in [-0.3, -0.25) is 0 Å². The average Bonchev–Trinajstić information content (AvgIpc) is 2.24. The smallest absolute Gasteiger partial charge is 0.163 e. The molecule has 0 aliphatic carbocycles. The molecule has 0 aliphatic rings. The predicted octanol–water partition coefficient (Wildman–Crippen LogP) is 2.46. The van der Waals surface area contributed by atoms with Gasteiger partial charge in [0.25, 0.3) is 0 Å². The van der Waals surface area contributed by atoms with Crippen LogP contribution in [0.25, 0.3) is 0 Å². The number of nitrogens with one attached hydrogen (secondary N) is 1. The minimum Gasteiger partial charge on any atom is -0.389 e. The second kappa shape index (κ2) is 5.56. The van der Waals surface area contributed by atoms with Gasteiger partial charge < -0.3 is 10.4 Å². The molecular weight excluding hydrogens is 224 g/mol. The first-order chi connectivity index (χ1) is 7.84. The van der Waals surface area contributed by atoms with Gasteiger partial charge in [0.2, 0.25) is 0 Å². The number of hydrogen-bond acceptors (Lipinski definition) is 2. The highest BCUT2D eigenvalue weighted by Gasteiger charge is 2.24. The van der Waals surface area contributed by atoms with E-state index in [1.165, 1.54) is 12.1 Å². The molecule has 2 nitrogen and oxygen atoms in total. The summed E-state index contributed by atoms with van der Waals surface area (Å²) in [6.45, 7) is 6.06. The van der Waals surface area contributed by atoms with E-state index in [1.54, 1.807) is 6.92 Å². The Kier molecular flexibility index (Phi) is 4.60. The lowest BCUT2D eigenvalue weighted by Gasteiger charge is -2.28. The molecule has 1 unspecified atom stereocenters. The van der Waals surface area contributed by atoms with Crippen LogP contribution >= 0.6 is 0 Å². The first-order valence-electron chi connectivity index (χ1n) is 5.70. The lowest BCUT2D eigenvalue weighted by Crippen LogP contribution is -2.42. The third kappa shape index (κ3) is 3.75. The highest BCUT2D eigenvalue weighted by atomic mass is 19.2. The molecule has 0 saturated carbocycles. The summed E-state index contributed by atoms with van der Waals surface area (Å²) in [4.78, 5) is 0. The average molecular weight is 243 g/mol. The van der Waals surface area contributed by atoms with Crippen molar-refractivity contribution in [2.75, 3.05) is 6.54 Å². The second-order valence-electron chi connectivity index (χ2n) is 4.83. The van der Waals surface area contributed by atoms with Crippen LogP contribution in [0.15, 0.2) is 18.2 Å². The van der Waals surface area contributed by atoms with Crippen molar-refractivity contribution >= 4 is 0 Å². The Balaban J connectivity index is 2.55. The molecule has 2 N–H and O–H groups in total. The van der Waals surface area contributed by atoms with Crippen LogP contribution in [0.3, 0.4) is 0 Å². The predicted molar refractivity (Wildman–Crippen MR) is 63.5 cm³/mol. The molecule has 0 amide bonds. The molecule has 0 saturated heterocycles. The van der Waals surface area contributed by atoms with E-state index >= 15 is 0 Å². The molecule has 0 heterocycles. The Bertz CT molecular complexity index is 378. The van der Waals surface area contributed by atoms with Gasteiger partial charge >= 0.3 is 0 Å². The summed E-state index contributed by atoms with van der Waals surface area (Å²) in [5.74, 6) is -1.59. The van der Waals surface area contributed by atoms with E-state index in [0.717, 1.165) is 6.07 Å². The quantitative estimate of drug-likeness (QED) is 0.832. The Morgan fingerprint density at radius 1 is 1.35 bits per heavy atom. The molecule has 0 spiro atoms. The first kappa shape index (κ1) is 14.1. The van der Waals surface area contributed by atoms with Crippen molar-refractivity contribution in [3.63, 3.8) is 0 Å². The minimum atomic E-state index is -0.857. The van der Waals surface area contributed by atoms with Crippen LogP contribution in [0, 0.1) is 17.6 Å². The van der Waals surface area contributed by atoms with Crippen molar-refractivity contribution in [1.82, 2.24) is 5.32 Å². The second-order valence-corrected chi connectivity index (χ2v) is 4.83. The summed E-state index contributed by atoms with van der Waals surface area (Å²) in [6.07, 6.45) is 0. The lowest BCUT2D eigenvalue weighted by molar-refractivity contribution is 0.0139. The van der Waals surface area contributed by atoms with Gasteiger partial charge in [-0.2, -0.15) is 0 Å². The Morgan fingerprint density at radius 3 is 2.59 bits per heavy atom. The van der Waals surface area contributed by atoms with E-state index in [-0.39, 0.29) is 18.0 Å². The summed E-state index contributed by atoms with van der Waals surface area (Å²) >= 11 is 0. The standard InChI is InChI=1S/C13H19F2NO/c1-9(2)13(3,17)8-16-7-10-5-4-6-11(14)12(10)15/h4-6,9,16-17H,7-8H2,1-3H3. The van der Waals surface area contributed by atoms with Crippen molar-refractivity contribution in [1.29, 1.82) is 0 Å². The third-order valence-corrected chi connectivity index (χ3v) is 3.07. The van der Waals surface area contributed by atoms with E-state index in [1.807, 2.05) is 13.8 Å². The van der Waals surface area contributed by atoms with Crippen LogP contribution in [0.1, 0.15) is 26.3 Å². The molecule has 1 aromatic rings. The molecule has 96 valence electrons. The van der Waals surface area contributed by atoms with Gasteiger partial charge in [-0.25, -0.2) is 8.78 Å². The zero-order chi connectivity index (χ0) is 13.1. The van der Waals surface area contributed by atoms with Crippen LogP contribution in [-0.2, 0) is 6.54 Å². The SMILES string of the molecule is CC(C)C(C)(O)CNCc1cccc(F)c1F. The van der Waals surface area contributed by atoms with Gasteiger partial charge in [0, 0.05) is 18.7 Å². The zero-order valence-electron chi connectivity index (χ0n) is 10.4. The number of aliphatic hydroxyl groups is 1. The first-order valence-corrected chi connectivity index (χ1v) is 5.70. The maximum absolute atomic E-state index is 13.3. The fourth-order valence-corrected chi connectivity index (χ4v) is 1.34. The van der Waals surface area contributed by atoms with Crippen LogP contribution in [0.4, 0.5) is 8.78 Å². The normalized spacial score (nSPS) is 15.0. The fourth-order valence-electron chi connectivity index (χ4n) is 1.34. The van der Waals surface area contributed by atoms with E-state index in [9.17, 15) is 13.9 Å².